The van der Waals surface area contributed by atoms with Gasteiger partial charge in [-0.3, -0.25) is 14.5 Å². The Kier molecular flexibility index (Phi) is 8.34. The number of urea groups is 1. The molecule has 4 N–H and O–H groups in total. The SMILES string of the molecule is COc1cc(C(C)=O)c(C(C)(C(N)=O)c2ccc(NC(=O)NCN3CCCCC3)cc2)cc1OC. The molecule has 1 saturated heterocycles. The molecule has 188 valence electrons. The minimum Gasteiger partial charge on any atom is -0.493 e. The van der Waals surface area contributed by atoms with Gasteiger partial charge in [-0.2, -0.15) is 0 Å². The predicted octanol–water partition coefficient (Wildman–Crippen LogP) is 3.26. The molecule has 1 aliphatic rings. The van der Waals surface area contributed by atoms with E-state index in [4.69, 9.17) is 15.2 Å². The smallest absolute Gasteiger partial charge is 0.320 e. The average molecular weight is 483 g/mol. The Morgan fingerprint density at radius 1 is 1.00 bits per heavy atom. The molecule has 0 aliphatic carbocycles. The summed E-state index contributed by atoms with van der Waals surface area (Å²) in [5.41, 5.74) is 6.41. The van der Waals surface area contributed by atoms with Crippen molar-refractivity contribution in [3.05, 3.63) is 53.1 Å². The van der Waals surface area contributed by atoms with Gasteiger partial charge in [-0.05, 0) is 75.2 Å². The number of piperidine rings is 1. The van der Waals surface area contributed by atoms with Gasteiger partial charge in [0.2, 0.25) is 5.91 Å². The lowest BCUT2D eigenvalue weighted by atomic mass is 9.73. The van der Waals surface area contributed by atoms with Crippen molar-refractivity contribution in [1.82, 2.24) is 10.2 Å². The fourth-order valence-electron chi connectivity index (χ4n) is 4.38. The molecule has 0 spiro atoms. The number of hydrogen-bond donors (Lipinski definition) is 3. The Balaban J connectivity index is 1.86. The third-order valence-electron chi connectivity index (χ3n) is 6.57. The normalized spacial score (nSPS) is 15.5. The number of carbonyl (C=O) groups is 3. The van der Waals surface area contributed by atoms with Gasteiger partial charge in [-0.1, -0.05) is 18.6 Å². The fraction of sp³-hybridized carbons (Fsp3) is 0.423. The average Bonchev–Trinajstić information content (AvgIpc) is 2.87. The first-order valence-electron chi connectivity index (χ1n) is 11.7. The highest BCUT2D eigenvalue weighted by Gasteiger charge is 2.39. The lowest BCUT2D eigenvalue weighted by Crippen LogP contribution is -2.42. The maximum atomic E-state index is 12.8. The highest BCUT2D eigenvalue weighted by Crippen LogP contribution is 2.40. The second kappa shape index (κ2) is 11.2. The largest absolute Gasteiger partial charge is 0.493 e. The number of primary amides is 1. The van der Waals surface area contributed by atoms with Crippen molar-refractivity contribution in [1.29, 1.82) is 0 Å². The molecule has 1 aliphatic heterocycles. The highest BCUT2D eigenvalue weighted by atomic mass is 16.5. The third kappa shape index (κ3) is 5.74. The van der Waals surface area contributed by atoms with E-state index in [1.807, 2.05) is 0 Å². The van der Waals surface area contributed by atoms with Gasteiger partial charge in [0, 0.05) is 11.3 Å². The maximum Gasteiger partial charge on any atom is 0.320 e. The number of anilines is 1. The molecule has 1 unspecified atom stereocenters. The number of nitrogens with one attached hydrogen (secondary N) is 2. The number of Topliss-reactive ketones (excluding diaryl/α,β-unsaturated/α-hetero) is 1. The number of benzene rings is 2. The van der Waals surface area contributed by atoms with E-state index in [1.165, 1.54) is 27.6 Å². The molecule has 9 heteroatoms. The topological polar surface area (TPSA) is 123 Å². The van der Waals surface area contributed by atoms with E-state index in [0.717, 1.165) is 25.9 Å². The molecular formula is C26H34N4O5. The van der Waals surface area contributed by atoms with Crippen LogP contribution >= 0.6 is 0 Å². The van der Waals surface area contributed by atoms with E-state index >= 15 is 0 Å². The molecule has 0 saturated carbocycles. The Morgan fingerprint density at radius 2 is 1.60 bits per heavy atom. The summed E-state index contributed by atoms with van der Waals surface area (Å²) in [6.45, 7) is 5.55. The summed E-state index contributed by atoms with van der Waals surface area (Å²) in [4.78, 5) is 39.8. The standard InChI is InChI=1S/C26H34N4O5/c1-17(31)20-14-22(34-3)23(35-4)15-21(20)26(2,24(27)32)18-8-10-19(11-9-18)29-25(33)28-16-30-12-6-5-7-13-30/h8-11,14-15H,5-7,12-13,16H2,1-4H3,(H2,27,32)(H2,28,29,33). The zero-order chi connectivity index (χ0) is 25.6. The van der Waals surface area contributed by atoms with Gasteiger partial charge in [-0.15, -0.1) is 0 Å². The van der Waals surface area contributed by atoms with Crippen molar-refractivity contribution < 1.29 is 23.9 Å². The quantitative estimate of drug-likeness (QED) is 0.472. The summed E-state index contributed by atoms with van der Waals surface area (Å²) < 4.78 is 10.7. The molecule has 3 rings (SSSR count). The van der Waals surface area contributed by atoms with Gasteiger partial charge in [-0.25, -0.2) is 4.79 Å². The van der Waals surface area contributed by atoms with Crippen molar-refractivity contribution in [3.8, 4) is 11.5 Å². The van der Waals surface area contributed by atoms with Crippen LogP contribution in [0.3, 0.4) is 0 Å². The predicted molar refractivity (Wildman–Crippen MR) is 134 cm³/mol. The van der Waals surface area contributed by atoms with Crippen molar-refractivity contribution in [2.24, 2.45) is 5.73 Å². The number of methoxy groups -OCH3 is 2. The Morgan fingerprint density at radius 3 is 2.14 bits per heavy atom. The van der Waals surface area contributed by atoms with Crippen molar-refractivity contribution in [2.75, 3.05) is 39.3 Å². The first-order valence-corrected chi connectivity index (χ1v) is 11.7. The molecule has 3 amide bonds. The molecule has 1 atom stereocenters. The monoisotopic (exact) mass is 482 g/mol. The van der Waals surface area contributed by atoms with Crippen LogP contribution in [0, 0.1) is 0 Å². The number of likely N-dealkylation sites (tertiary alicyclic amines) is 1. The molecule has 1 fully saturated rings. The molecule has 2 aromatic carbocycles. The number of ketones is 1. The highest BCUT2D eigenvalue weighted by molar-refractivity contribution is 6.01. The number of ether oxygens (including phenoxy) is 2. The Bertz CT molecular complexity index is 1080. The molecule has 2 aromatic rings. The summed E-state index contributed by atoms with van der Waals surface area (Å²) in [6.07, 6.45) is 3.53. The zero-order valence-corrected chi connectivity index (χ0v) is 20.8. The lowest BCUT2D eigenvalue weighted by Gasteiger charge is -2.30. The number of nitrogens with zero attached hydrogens (tertiary/aromatic N) is 1. The van der Waals surface area contributed by atoms with Crippen LogP contribution in [0.1, 0.15) is 54.6 Å². The molecular weight excluding hydrogens is 448 g/mol. The summed E-state index contributed by atoms with van der Waals surface area (Å²) in [5.74, 6) is -0.115. The number of nitrogens with two attached hydrogens (primary N) is 1. The lowest BCUT2D eigenvalue weighted by molar-refractivity contribution is -0.121. The van der Waals surface area contributed by atoms with Gasteiger partial charge in [0.25, 0.3) is 0 Å². The number of rotatable bonds is 9. The van der Waals surface area contributed by atoms with Crippen molar-refractivity contribution in [3.63, 3.8) is 0 Å². The van der Waals surface area contributed by atoms with Gasteiger partial charge in [0.1, 0.15) is 0 Å². The van der Waals surface area contributed by atoms with Crippen LogP contribution in [0.5, 0.6) is 11.5 Å². The van der Waals surface area contributed by atoms with Gasteiger partial charge < -0.3 is 25.8 Å². The van der Waals surface area contributed by atoms with Crippen LogP contribution in [0.4, 0.5) is 10.5 Å². The van der Waals surface area contributed by atoms with E-state index in [9.17, 15) is 14.4 Å². The van der Waals surface area contributed by atoms with Gasteiger partial charge >= 0.3 is 6.03 Å². The van der Waals surface area contributed by atoms with Crippen LogP contribution in [-0.2, 0) is 10.2 Å². The van der Waals surface area contributed by atoms with Crippen molar-refractivity contribution in [2.45, 2.75) is 38.5 Å². The Hall–Kier alpha value is -3.59. The first kappa shape index (κ1) is 26.0. The molecule has 0 radical (unpaired) electrons. The van der Waals surface area contributed by atoms with E-state index in [1.54, 1.807) is 43.3 Å². The first-order chi connectivity index (χ1) is 16.7. The summed E-state index contributed by atoms with van der Waals surface area (Å²) in [5, 5.41) is 5.68. The second-order valence-corrected chi connectivity index (χ2v) is 8.84. The molecule has 0 aromatic heterocycles. The Labute approximate surface area is 206 Å². The third-order valence-corrected chi connectivity index (χ3v) is 6.57. The van der Waals surface area contributed by atoms with E-state index in [2.05, 4.69) is 15.5 Å². The molecule has 1 heterocycles. The second-order valence-electron chi connectivity index (χ2n) is 8.84. The summed E-state index contributed by atoms with van der Waals surface area (Å²) in [6, 6.07) is 9.69. The summed E-state index contributed by atoms with van der Waals surface area (Å²) in [7, 11) is 2.95. The maximum absolute atomic E-state index is 12.8. The van der Waals surface area contributed by atoms with Crippen LogP contribution in [-0.4, -0.2) is 56.6 Å². The van der Waals surface area contributed by atoms with Crippen LogP contribution in [0.2, 0.25) is 0 Å². The van der Waals surface area contributed by atoms with Crippen LogP contribution in [0.25, 0.3) is 0 Å². The van der Waals surface area contributed by atoms with E-state index in [0.29, 0.717) is 40.5 Å². The molecule has 0 bridgehead atoms. The zero-order valence-electron chi connectivity index (χ0n) is 20.8. The van der Waals surface area contributed by atoms with Gasteiger partial charge in [0.05, 0.1) is 26.3 Å². The number of hydrogen-bond acceptors (Lipinski definition) is 6. The van der Waals surface area contributed by atoms with E-state index < -0.39 is 11.3 Å². The van der Waals surface area contributed by atoms with Crippen LogP contribution < -0.4 is 25.8 Å². The molecule has 35 heavy (non-hydrogen) atoms. The van der Waals surface area contributed by atoms with E-state index in [-0.39, 0.29) is 11.8 Å². The fourth-order valence-corrected chi connectivity index (χ4v) is 4.38. The minimum absolute atomic E-state index is 0.239. The summed E-state index contributed by atoms with van der Waals surface area (Å²) >= 11 is 0. The van der Waals surface area contributed by atoms with Gasteiger partial charge in [0.15, 0.2) is 17.3 Å². The number of amides is 3. The van der Waals surface area contributed by atoms with Crippen molar-refractivity contribution >= 4 is 23.4 Å². The molecule has 9 nitrogen and oxygen atoms in total. The minimum atomic E-state index is -1.34. The number of carbonyl (C=O) groups excluding carboxylic acids is 3. The van der Waals surface area contributed by atoms with Crippen LogP contribution in [0.15, 0.2) is 36.4 Å².